The van der Waals surface area contributed by atoms with Gasteiger partial charge in [0.05, 0.1) is 6.61 Å². The molecule has 5 rings (SSSR count). The van der Waals surface area contributed by atoms with Crippen LogP contribution in [0.3, 0.4) is 0 Å². The Balaban J connectivity index is 1.48. The highest BCUT2D eigenvalue weighted by molar-refractivity contribution is 5.78. The Labute approximate surface area is 163 Å². The summed E-state index contributed by atoms with van der Waals surface area (Å²) in [5.41, 5.74) is 10.3. The molecule has 1 aliphatic carbocycles. The molecule has 6 heteroatoms. The summed E-state index contributed by atoms with van der Waals surface area (Å²) in [5.74, 6) is 0.0896. The summed E-state index contributed by atoms with van der Waals surface area (Å²) in [4.78, 5) is 11.7. The molecular weight excluding hydrogens is 358 g/mol. The molecule has 0 saturated carbocycles. The lowest BCUT2D eigenvalue weighted by molar-refractivity contribution is -0.114. The summed E-state index contributed by atoms with van der Waals surface area (Å²) in [6, 6.07) is 16.7. The number of epoxide rings is 1. The summed E-state index contributed by atoms with van der Waals surface area (Å²) >= 11 is 0. The first-order valence-corrected chi connectivity index (χ1v) is 9.61. The molecule has 0 bridgehead atoms. The van der Waals surface area contributed by atoms with Gasteiger partial charge in [0, 0.05) is 13.0 Å². The van der Waals surface area contributed by atoms with Crippen molar-refractivity contribution < 1.29 is 23.7 Å². The largest absolute Gasteiger partial charge is 0.443 e. The lowest BCUT2D eigenvalue weighted by Gasteiger charge is -2.31. The van der Waals surface area contributed by atoms with Crippen LogP contribution >= 0.6 is 0 Å². The first-order valence-electron chi connectivity index (χ1n) is 9.61. The maximum atomic E-state index is 11.7. The molecule has 2 saturated heterocycles. The molecule has 2 aromatic rings. The predicted octanol–water partition coefficient (Wildman–Crippen LogP) is 2.83. The second kappa shape index (κ2) is 6.88. The van der Waals surface area contributed by atoms with Crippen molar-refractivity contribution in [2.45, 2.75) is 42.9 Å². The second-order valence-electron chi connectivity index (χ2n) is 7.58. The maximum absolute atomic E-state index is 11.7. The van der Waals surface area contributed by atoms with Crippen LogP contribution in [0.1, 0.15) is 23.5 Å². The molecule has 2 unspecified atom stereocenters. The molecule has 2 N–H and O–H groups in total. The zero-order chi connectivity index (χ0) is 19.3. The van der Waals surface area contributed by atoms with Crippen molar-refractivity contribution in [3.8, 4) is 11.1 Å². The molecule has 3 aliphatic rings. The first kappa shape index (κ1) is 17.7. The van der Waals surface area contributed by atoms with E-state index in [4.69, 9.17) is 24.7 Å². The van der Waals surface area contributed by atoms with Gasteiger partial charge >= 0.3 is 6.09 Å². The number of benzene rings is 2. The third-order valence-electron chi connectivity index (χ3n) is 6.06. The lowest BCUT2D eigenvalue weighted by atomic mass is 9.88. The second-order valence-corrected chi connectivity index (χ2v) is 7.58. The van der Waals surface area contributed by atoms with E-state index < -0.39 is 18.3 Å². The van der Waals surface area contributed by atoms with E-state index in [0.29, 0.717) is 13.0 Å². The molecule has 5 atom stereocenters. The van der Waals surface area contributed by atoms with Crippen LogP contribution < -0.4 is 5.73 Å². The highest BCUT2D eigenvalue weighted by atomic mass is 16.7. The Morgan fingerprint density at radius 3 is 2.29 bits per heavy atom. The van der Waals surface area contributed by atoms with E-state index in [9.17, 15) is 4.79 Å². The zero-order valence-corrected chi connectivity index (χ0v) is 15.6. The number of rotatable bonds is 6. The van der Waals surface area contributed by atoms with E-state index in [1.807, 2.05) is 24.3 Å². The summed E-state index contributed by atoms with van der Waals surface area (Å²) in [7, 11) is 1.61. The van der Waals surface area contributed by atoms with Gasteiger partial charge in [0.25, 0.3) is 0 Å². The van der Waals surface area contributed by atoms with Crippen molar-refractivity contribution in [3.05, 3.63) is 59.7 Å². The van der Waals surface area contributed by atoms with Gasteiger partial charge in [0.1, 0.15) is 30.5 Å². The summed E-state index contributed by atoms with van der Waals surface area (Å²) < 4.78 is 22.8. The quantitative estimate of drug-likeness (QED) is 0.778. The number of methoxy groups -OCH3 is 1. The number of primary amides is 1. The number of fused-ring (bicyclic) bond motifs is 4. The van der Waals surface area contributed by atoms with Crippen LogP contribution in [0.4, 0.5) is 4.79 Å². The van der Waals surface area contributed by atoms with Crippen LogP contribution in [0, 0.1) is 0 Å². The van der Waals surface area contributed by atoms with Gasteiger partial charge in [0.2, 0.25) is 0 Å². The summed E-state index contributed by atoms with van der Waals surface area (Å²) in [6.07, 6.45) is -1.35. The van der Waals surface area contributed by atoms with E-state index >= 15 is 0 Å². The number of amides is 1. The normalized spacial score (nSPS) is 26.8. The van der Waals surface area contributed by atoms with E-state index in [2.05, 4.69) is 24.3 Å². The monoisotopic (exact) mass is 381 g/mol. The Morgan fingerprint density at radius 1 is 1.14 bits per heavy atom. The molecule has 0 spiro atoms. The summed E-state index contributed by atoms with van der Waals surface area (Å²) in [5, 5.41) is 0. The Hall–Kier alpha value is -2.41. The van der Waals surface area contributed by atoms with Crippen LogP contribution in [0.25, 0.3) is 11.1 Å². The molecule has 2 aliphatic heterocycles. The molecular formula is C22H23NO5. The van der Waals surface area contributed by atoms with Crippen LogP contribution in [0.15, 0.2) is 48.5 Å². The standard InChI is InChI=1S/C22H23NO5/c1-25-19(21-20-18(27-20)11-26-21)17(28-22(23)24)10-16-14-8-4-2-6-12(14)13-7-3-5-9-15(13)16/h2-9,16-21H,10-11H2,1H3,(H2,23,24)/t17?,18-,19?,20-,21-/m1/s1. The van der Waals surface area contributed by atoms with E-state index in [-0.39, 0.29) is 24.2 Å². The molecule has 6 nitrogen and oxygen atoms in total. The Kier molecular flexibility index (Phi) is 4.34. The van der Waals surface area contributed by atoms with E-state index in [0.717, 1.165) is 0 Å². The number of hydrogen-bond donors (Lipinski definition) is 1. The molecule has 2 aromatic carbocycles. The van der Waals surface area contributed by atoms with Crippen LogP contribution in [0.5, 0.6) is 0 Å². The van der Waals surface area contributed by atoms with Crippen LogP contribution in [0.2, 0.25) is 0 Å². The Bertz CT molecular complexity index is 855. The molecule has 2 heterocycles. The van der Waals surface area contributed by atoms with Gasteiger partial charge in [-0.15, -0.1) is 0 Å². The Morgan fingerprint density at radius 2 is 1.79 bits per heavy atom. The molecule has 1 amide bonds. The van der Waals surface area contributed by atoms with Crippen molar-refractivity contribution in [2.75, 3.05) is 13.7 Å². The van der Waals surface area contributed by atoms with Crippen molar-refractivity contribution >= 4 is 6.09 Å². The zero-order valence-electron chi connectivity index (χ0n) is 15.6. The predicted molar refractivity (Wildman–Crippen MR) is 102 cm³/mol. The number of carbonyl (C=O) groups excluding carboxylic acids is 1. The SMILES string of the molecule is COC(C(CC1c2ccccc2-c2ccccc21)OC(N)=O)[C@H]1OC[C@H]2O[C@@H]12. The van der Waals surface area contributed by atoms with Gasteiger partial charge in [-0.1, -0.05) is 48.5 Å². The highest BCUT2D eigenvalue weighted by Gasteiger charge is 2.56. The topological polar surface area (TPSA) is 83.3 Å². The number of ether oxygens (including phenoxy) is 4. The van der Waals surface area contributed by atoms with Crippen LogP contribution in [-0.4, -0.2) is 50.3 Å². The first-order chi connectivity index (χ1) is 13.7. The van der Waals surface area contributed by atoms with Crippen LogP contribution in [-0.2, 0) is 18.9 Å². The molecule has 0 aromatic heterocycles. The highest BCUT2D eigenvalue weighted by Crippen LogP contribution is 2.48. The maximum Gasteiger partial charge on any atom is 0.404 e. The average molecular weight is 381 g/mol. The van der Waals surface area contributed by atoms with Crippen molar-refractivity contribution in [3.63, 3.8) is 0 Å². The fourth-order valence-corrected chi connectivity index (χ4v) is 4.80. The van der Waals surface area contributed by atoms with Crippen molar-refractivity contribution in [2.24, 2.45) is 5.73 Å². The lowest BCUT2D eigenvalue weighted by Crippen LogP contribution is -2.45. The molecule has 28 heavy (non-hydrogen) atoms. The van der Waals surface area contributed by atoms with Gasteiger partial charge in [-0.3, -0.25) is 0 Å². The minimum absolute atomic E-state index is 0.00655. The van der Waals surface area contributed by atoms with Gasteiger partial charge < -0.3 is 24.7 Å². The third kappa shape index (κ3) is 2.89. The van der Waals surface area contributed by atoms with Crippen molar-refractivity contribution in [1.82, 2.24) is 0 Å². The van der Waals surface area contributed by atoms with Gasteiger partial charge in [-0.25, -0.2) is 4.79 Å². The number of carbonyl (C=O) groups is 1. The van der Waals surface area contributed by atoms with Gasteiger partial charge in [-0.2, -0.15) is 0 Å². The minimum atomic E-state index is -0.808. The smallest absolute Gasteiger partial charge is 0.404 e. The van der Waals surface area contributed by atoms with Crippen molar-refractivity contribution in [1.29, 1.82) is 0 Å². The molecule has 2 fully saturated rings. The fraction of sp³-hybridized carbons (Fsp3) is 0.409. The molecule has 0 radical (unpaired) electrons. The number of nitrogens with two attached hydrogens (primary N) is 1. The summed E-state index contributed by atoms with van der Waals surface area (Å²) in [6.45, 7) is 0.549. The fourth-order valence-electron chi connectivity index (χ4n) is 4.80. The molecule has 146 valence electrons. The van der Waals surface area contributed by atoms with Gasteiger partial charge in [-0.05, 0) is 28.7 Å². The van der Waals surface area contributed by atoms with E-state index in [1.54, 1.807) is 7.11 Å². The van der Waals surface area contributed by atoms with E-state index in [1.165, 1.54) is 22.3 Å². The van der Waals surface area contributed by atoms with Gasteiger partial charge in [0.15, 0.2) is 0 Å². The average Bonchev–Trinajstić information content (AvgIpc) is 3.27. The minimum Gasteiger partial charge on any atom is -0.443 e. The number of hydrogen-bond acceptors (Lipinski definition) is 5. The third-order valence-corrected chi connectivity index (χ3v) is 6.06.